The first-order valence-electron chi connectivity index (χ1n) is 5.79. The topological polar surface area (TPSA) is 69.7 Å². The molecule has 1 aromatic carbocycles. The number of carbonyl (C=O) groups is 3. The molecule has 0 unspecified atom stereocenters. The summed E-state index contributed by atoms with van der Waals surface area (Å²) in [6.45, 7) is 0. The van der Waals surface area contributed by atoms with Gasteiger partial charge >= 0.3 is 30.3 Å². The first kappa shape index (κ1) is 19.2. The second-order valence-electron chi connectivity index (χ2n) is 4.00. The maximum absolute atomic E-state index is 12.0. The molecule has 0 saturated carbocycles. The number of alkyl halides is 6. The highest BCUT2D eigenvalue weighted by atomic mass is 19.4. The van der Waals surface area contributed by atoms with Crippen LogP contribution in [-0.4, -0.2) is 30.3 Å². The Morgan fingerprint density at radius 3 is 1.79 bits per heavy atom. The summed E-state index contributed by atoms with van der Waals surface area (Å²) in [5.41, 5.74) is 0.151. The summed E-state index contributed by atoms with van der Waals surface area (Å²) in [5.74, 6) is -7.15. The van der Waals surface area contributed by atoms with E-state index in [0.717, 1.165) is 30.3 Å². The van der Waals surface area contributed by atoms with E-state index in [1.165, 1.54) is 0 Å². The average molecular weight is 356 g/mol. The number of hydrogen-bond acceptors (Lipinski definition) is 5. The Bertz CT molecular complexity index is 657. The predicted molar refractivity (Wildman–Crippen MR) is 64.3 cm³/mol. The van der Waals surface area contributed by atoms with Crippen LogP contribution in [0.3, 0.4) is 0 Å². The molecule has 0 atom stereocenters. The van der Waals surface area contributed by atoms with Gasteiger partial charge in [0.1, 0.15) is 5.75 Å². The van der Waals surface area contributed by atoms with Gasteiger partial charge in [-0.25, -0.2) is 14.4 Å². The normalized spacial score (nSPS) is 12.1. The maximum Gasteiger partial charge on any atom is 0.491 e. The first-order valence-corrected chi connectivity index (χ1v) is 5.79. The number of rotatable bonds is 3. The molecule has 0 aromatic heterocycles. The number of halogens is 6. The van der Waals surface area contributed by atoms with Gasteiger partial charge in [0, 0.05) is 6.08 Å². The van der Waals surface area contributed by atoms with Crippen molar-refractivity contribution in [3.8, 4) is 5.75 Å². The molecule has 1 rings (SSSR count). The third kappa shape index (κ3) is 6.10. The minimum Gasteiger partial charge on any atom is -0.420 e. The molecule has 0 aliphatic carbocycles. The maximum atomic E-state index is 12.0. The summed E-state index contributed by atoms with van der Waals surface area (Å²) in [7, 11) is 0. The fraction of sp³-hybridized carbons (Fsp3) is 0.154. The van der Waals surface area contributed by atoms with Gasteiger partial charge in [-0.15, -0.1) is 0 Å². The number of hydrogen-bond donors (Lipinski definition) is 0. The van der Waals surface area contributed by atoms with E-state index in [-0.39, 0.29) is 5.56 Å². The molecule has 0 spiro atoms. The highest BCUT2D eigenvalue weighted by molar-refractivity contribution is 5.96. The van der Waals surface area contributed by atoms with E-state index in [9.17, 15) is 40.7 Å². The lowest BCUT2D eigenvalue weighted by Crippen LogP contribution is -2.27. The van der Waals surface area contributed by atoms with Gasteiger partial charge in [0.2, 0.25) is 0 Å². The molecule has 0 amide bonds. The largest absolute Gasteiger partial charge is 0.491 e. The fourth-order valence-electron chi connectivity index (χ4n) is 1.16. The van der Waals surface area contributed by atoms with Crippen LogP contribution in [0.25, 0.3) is 6.08 Å². The summed E-state index contributed by atoms with van der Waals surface area (Å²) in [5, 5.41) is 0. The van der Waals surface area contributed by atoms with Gasteiger partial charge in [-0.3, -0.25) is 0 Å². The molecule has 0 aliphatic heterocycles. The number of ether oxygens (including phenoxy) is 2. The van der Waals surface area contributed by atoms with E-state index >= 15 is 0 Å². The van der Waals surface area contributed by atoms with Gasteiger partial charge in [0.15, 0.2) is 0 Å². The van der Waals surface area contributed by atoms with Crippen molar-refractivity contribution in [2.24, 2.45) is 0 Å². The smallest absolute Gasteiger partial charge is 0.420 e. The summed E-state index contributed by atoms with van der Waals surface area (Å²) in [6, 6.07) is 4.12. The molecule has 5 nitrogen and oxygen atoms in total. The molecule has 0 N–H and O–H groups in total. The molecular weight excluding hydrogens is 350 g/mol. The quantitative estimate of drug-likeness (QED) is 0.274. The summed E-state index contributed by atoms with van der Waals surface area (Å²) in [4.78, 5) is 31.9. The molecule has 0 aliphatic rings. The molecule has 1 aromatic rings. The van der Waals surface area contributed by atoms with Crippen LogP contribution in [0.2, 0.25) is 0 Å². The number of esters is 3. The Hall–Kier alpha value is -2.85. The lowest BCUT2D eigenvalue weighted by molar-refractivity contribution is -0.200. The van der Waals surface area contributed by atoms with Crippen LogP contribution in [0.15, 0.2) is 30.3 Å². The molecular formula is C13H6F6O5. The Balaban J connectivity index is 2.66. The SMILES string of the molecule is O=C(/C=C/c1ccc(OC(=O)C(F)(F)F)cc1)OC(=O)C(F)(F)F. The van der Waals surface area contributed by atoms with Gasteiger partial charge in [-0.05, 0) is 23.8 Å². The Labute approximate surface area is 129 Å². The van der Waals surface area contributed by atoms with Crippen LogP contribution in [-0.2, 0) is 19.1 Å². The van der Waals surface area contributed by atoms with Gasteiger partial charge in [-0.2, -0.15) is 26.3 Å². The predicted octanol–water partition coefficient (Wildman–Crippen LogP) is 2.80. The second kappa shape index (κ2) is 7.15. The van der Waals surface area contributed by atoms with Crippen molar-refractivity contribution >= 4 is 24.0 Å². The third-order valence-corrected chi connectivity index (χ3v) is 2.16. The van der Waals surface area contributed by atoms with Crippen molar-refractivity contribution in [2.75, 3.05) is 0 Å². The minimum absolute atomic E-state index is 0.151. The lowest BCUT2D eigenvalue weighted by Gasteiger charge is -2.06. The first-order chi connectivity index (χ1) is 10.9. The van der Waals surface area contributed by atoms with Gasteiger partial charge in [-0.1, -0.05) is 12.1 Å². The van der Waals surface area contributed by atoms with Crippen molar-refractivity contribution in [2.45, 2.75) is 12.4 Å². The molecule has 24 heavy (non-hydrogen) atoms. The fourth-order valence-corrected chi connectivity index (χ4v) is 1.16. The highest BCUT2D eigenvalue weighted by Gasteiger charge is 2.42. The van der Waals surface area contributed by atoms with Crippen LogP contribution in [0.1, 0.15) is 5.56 Å². The Morgan fingerprint density at radius 1 is 0.833 bits per heavy atom. The zero-order chi connectivity index (χ0) is 18.5. The van der Waals surface area contributed by atoms with Crippen molar-refractivity contribution in [3.63, 3.8) is 0 Å². The highest BCUT2D eigenvalue weighted by Crippen LogP contribution is 2.21. The van der Waals surface area contributed by atoms with Gasteiger partial charge in [0.05, 0.1) is 0 Å². The zero-order valence-corrected chi connectivity index (χ0v) is 11.3. The van der Waals surface area contributed by atoms with Crippen LogP contribution in [0, 0.1) is 0 Å². The standard InChI is InChI=1S/C13H6F6O5/c14-12(15,16)10(21)23-8-4-1-7(2-5-8)3-6-9(20)24-11(22)13(17,18)19/h1-6H/b6-3+. The van der Waals surface area contributed by atoms with E-state index in [4.69, 9.17) is 0 Å². The van der Waals surface area contributed by atoms with Crippen molar-refractivity contribution < 1.29 is 50.2 Å². The molecule has 0 heterocycles. The van der Waals surface area contributed by atoms with Crippen LogP contribution in [0.4, 0.5) is 26.3 Å². The third-order valence-electron chi connectivity index (χ3n) is 2.16. The average Bonchev–Trinajstić information content (AvgIpc) is 2.44. The Morgan fingerprint density at radius 2 is 1.33 bits per heavy atom. The number of carbonyl (C=O) groups excluding carboxylic acids is 3. The van der Waals surface area contributed by atoms with E-state index in [0.29, 0.717) is 6.08 Å². The minimum atomic E-state index is -5.33. The molecule has 0 saturated heterocycles. The second-order valence-corrected chi connectivity index (χ2v) is 4.00. The van der Waals surface area contributed by atoms with E-state index in [1.54, 1.807) is 0 Å². The molecule has 0 bridgehead atoms. The molecule has 130 valence electrons. The lowest BCUT2D eigenvalue weighted by atomic mass is 10.2. The molecule has 11 heteroatoms. The van der Waals surface area contributed by atoms with Crippen molar-refractivity contribution in [1.82, 2.24) is 0 Å². The van der Waals surface area contributed by atoms with Crippen molar-refractivity contribution in [1.29, 1.82) is 0 Å². The molecule has 0 radical (unpaired) electrons. The van der Waals surface area contributed by atoms with E-state index < -0.39 is 36.0 Å². The summed E-state index contributed by atoms with van der Waals surface area (Å²) in [6.07, 6.45) is -9.07. The van der Waals surface area contributed by atoms with Gasteiger partial charge in [0.25, 0.3) is 0 Å². The van der Waals surface area contributed by atoms with E-state index in [1.807, 2.05) is 0 Å². The van der Waals surface area contributed by atoms with Crippen molar-refractivity contribution in [3.05, 3.63) is 35.9 Å². The summed E-state index contributed by atoms with van der Waals surface area (Å²) < 4.78 is 78.9. The number of benzene rings is 1. The van der Waals surface area contributed by atoms with E-state index in [2.05, 4.69) is 9.47 Å². The zero-order valence-electron chi connectivity index (χ0n) is 11.3. The van der Waals surface area contributed by atoms with Gasteiger partial charge < -0.3 is 9.47 Å². The van der Waals surface area contributed by atoms with Crippen LogP contribution < -0.4 is 4.74 Å². The Kier molecular flexibility index (Phi) is 5.72. The summed E-state index contributed by atoms with van der Waals surface area (Å²) >= 11 is 0. The van der Waals surface area contributed by atoms with Crippen LogP contribution in [0.5, 0.6) is 5.75 Å². The monoisotopic (exact) mass is 356 g/mol. The molecule has 0 fully saturated rings. The van der Waals surface area contributed by atoms with Crippen LogP contribution >= 0.6 is 0 Å².